The van der Waals surface area contributed by atoms with Crippen molar-refractivity contribution in [2.75, 3.05) is 0 Å². The van der Waals surface area contributed by atoms with Crippen LogP contribution in [0, 0.1) is 11.8 Å². The van der Waals surface area contributed by atoms with Crippen molar-refractivity contribution in [2.24, 2.45) is 11.8 Å². The number of hydrogen-bond acceptors (Lipinski definition) is 2. The van der Waals surface area contributed by atoms with Crippen molar-refractivity contribution in [1.82, 2.24) is 5.32 Å². The summed E-state index contributed by atoms with van der Waals surface area (Å²) in [6, 6.07) is 2.88. The second-order valence-corrected chi connectivity index (χ2v) is 7.79. The summed E-state index contributed by atoms with van der Waals surface area (Å²) in [5.41, 5.74) is 0. The second-order valence-electron chi connectivity index (χ2n) is 5.93. The van der Waals surface area contributed by atoms with Gasteiger partial charge in [0, 0.05) is 21.9 Å². The lowest BCUT2D eigenvalue weighted by Crippen LogP contribution is -2.34. The topological polar surface area (TPSA) is 12.0 Å². The molecule has 1 aliphatic rings. The van der Waals surface area contributed by atoms with E-state index in [2.05, 4.69) is 46.5 Å². The van der Waals surface area contributed by atoms with Gasteiger partial charge in [0.1, 0.15) is 0 Å². The highest BCUT2D eigenvalue weighted by Gasteiger charge is 2.22. The summed E-state index contributed by atoms with van der Waals surface area (Å²) in [5.74, 6) is 1.79. The molecule has 1 aromatic rings. The molecule has 2 unspecified atom stereocenters. The van der Waals surface area contributed by atoms with Gasteiger partial charge in [-0.05, 0) is 58.5 Å². The van der Waals surface area contributed by atoms with Crippen LogP contribution in [0.15, 0.2) is 15.9 Å². The Morgan fingerprint density at radius 3 is 2.94 bits per heavy atom. The van der Waals surface area contributed by atoms with Gasteiger partial charge in [0.15, 0.2) is 0 Å². The smallest absolute Gasteiger partial charge is 0.0327 e. The van der Waals surface area contributed by atoms with Crippen LogP contribution in [0.5, 0.6) is 0 Å². The van der Waals surface area contributed by atoms with E-state index in [1.807, 2.05) is 11.3 Å². The number of rotatable bonds is 5. The van der Waals surface area contributed by atoms with E-state index in [4.69, 9.17) is 0 Å². The molecule has 0 saturated heterocycles. The molecule has 0 amide bonds. The fraction of sp³-hybridized carbons (Fsp3) is 0.733. The van der Waals surface area contributed by atoms with Crippen molar-refractivity contribution < 1.29 is 0 Å². The molecule has 1 heterocycles. The van der Waals surface area contributed by atoms with E-state index in [1.54, 1.807) is 0 Å². The molecule has 1 nitrogen and oxygen atoms in total. The molecule has 2 rings (SSSR count). The lowest BCUT2D eigenvalue weighted by Gasteiger charge is -2.30. The summed E-state index contributed by atoms with van der Waals surface area (Å²) in [6.45, 7) is 5.72. The highest BCUT2D eigenvalue weighted by atomic mass is 79.9. The zero-order valence-electron chi connectivity index (χ0n) is 11.4. The molecule has 18 heavy (non-hydrogen) atoms. The molecule has 2 atom stereocenters. The van der Waals surface area contributed by atoms with Crippen LogP contribution < -0.4 is 5.32 Å². The lowest BCUT2D eigenvalue weighted by molar-refractivity contribution is 0.252. The Bertz CT molecular complexity index is 361. The van der Waals surface area contributed by atoms with Gasteiger partial charge >= 0.3 is 0 Å². The Morgan fingerprint density at radius 1 is 1.44 bits per heavy atom. The largest absolute Gasteiger partial charge is 0.309 e. The number of halogens is 1. The van der Waals surface area contributed by atoms with Gasteiger partial charge in [0.2, 0.25) is 0 Å². The Balaban J connectivity index is 1.77. The minimum absolute atomic E-state index is 0.733. The van der Waals surface area contributed by atoms with Crippen LogP contribution in [-0.2, 0) is 6.54 Å². The minimum Gasteiger partial charge on any atom is -0.309 e. The minimum atomic E-state index is 0.733. The van der Waals surface area contributed by atoms with E-state index >= 15 is 0 Å². The summed E-state index contributed by atoms with van der Waals surface area (Å²) in [7, 11) is 0. The fourth-order valence-electron chi connectivity index (χ4n) is 3.05. The SMILES string of the molecule is CC(C)CC1CCCC(NCc2sccc2Br)C1. The zero-order chi connectivity index (χ0) is 13.0. The lowest BCUT2D eigenvalue weighted by atomic mass is 9.81. The molecule has 1 aromatic heterocycles. The van der Waals surface area contributed by atoms with Crippen LogP contribution in [0.3, 0.4) is 0 Å². The van der Waals surface area contributed by atoms with E-state index < -0.39 is 0 Å². The van der Waals surface area contributed by atoms with Crippen molar-refractivity contribution in [2.45, 2.75) is 58.5 Å². The Labute approximate surface area is 123 Å². The van der Waals surface area contributed by atoms with E-state index in [-0.39, 0.29) is 0 Å². The fourth-order valence-corrected chi connectivity index (χ4v) is 4.49. The van der Waals surface area contributed by atoms with Crippen molar-refractivity contribution in [1.29, 1.82) is 0 Å². The first kappa shape index (κ1) is 14.5. The summed E-state index contributed by atoms with van der Waals surface area (Å²) in [4.78, 5) is 1.43. The van der Waals surface area contributed by atoms with Gasteiger partial charge in [0.25, 0.3) is 0 Å². The van der Waals surface area contributed by atoms with Crippen LogP contribution in [0.4, 0.5) is 0 Å². The van der Waals surface area contributed by atoms with Crippen LogP contribution in [0.25, 0.3) is 0 Å². The molecule has 1 N–H and O–H groups in total. The van der Waals surface area contributed by atoms with E-state index in [1.165, 1.54) is 41.5 Å². The maximum Gasteiger partial charge on any atom is 0.0327 e. The molecule has 0 bridgehead atoms. The van der Waals surface area contributed by atoms with Gasteiger partial charge in [-0.1, -0.05) is 26.7 Å². The Morgan fingerprint density at radius 2 is 2.28 bits per heavy atom. The zero-order valence-corrected chi connectivity index (χ0v) is 13.8. The summed E-state index contributed by atoms with van der Waals surface area (Å²) in [5, 5.41) is 5.90. The summed E-state index contributed by atoms with van der Waals surface area (Å²) in [6.07, 6.45) is 6.99. The normalized spacial score (nSPS) is 24.7. The van der Waals surface area contributed by atoms with Gasteiger partial charge < -0.3 is 5.32 Å². The van der Waals surface area contributed by atoms with Crippen molar-refractivity contribution in [3.05, 3.63) is 20.8 Å². The first-order valence-electron chi connectivity index (χ1n) is 7.10. The van der Waals surface area contributed by atoms with Gasteiger partial charge in [-0.2, -0.15) is 0 Å². The first-order chi connectivity index (χ1) is 8.65. The van der Waals surface area contributed by atoms with Gasteiger partial charge in [0.05, 0.1) is 0 Å². The molecule has 3 heteroatoms. The van der Waals surface area contributed by atoms with Crippen LogP contribution in [0.2, 0.25) is 0 Å². The molecule has 0 spiro atoms. The molecular weight excluding hydrogens is 306 g/mol. The summed E-state index contributed by atoms with van der Waals surface area (Å²) < 4.78 is 1.26. The van der Waals surface area contributed by atoms with Crippen LogP contribution >= 0.6 is 27.3 Å². The maximum atomic E-state index is 3.75. The number of thiophene rings is 1. The van der Waals surface area contributed by atoms with Crippen LogP contribution in [-0.4, -0.2) is 6.04 Å². The third kappa shape index (κ3) is 4.36. The highest BCUT2D eigenvalue weighted by molar-refractivity contribution is 9.10. The standard InChI is InChI=1S/C15H24BrNS/c1-11(2)8-12-4-3-5-13(9-12)17-10-15-14(16)6-7-18-15/h6-7,11-13,17H,3-5,8-10H2,1-2H3. The van der Waals surface area contributed by atoms with E-state index in [0.717, 1.165) is 24.4 Å². The average molecular weight is 330 g/mol. The highest BCUT2D eigenvalue weighted by Crippen LogP contribution is 2.30. The van der Waals surface area contributed by atoms with Gasteiger partial charge in [-0.15, -0.1) is 11.3 Å². The maximum absolute atomic E-state index is 3.75. The molecule has 0 aliphatic heterocycles. The van der Waals surface area contributed by atoms with Crippen molar-refractivity contribution in [3.63, 3.8) is 0 Å². The second kappa shape index (κ2) is 7.06. The van der Waals surface area contributed by atoms with E-state index in [9.17, 15) is 0 Å². The molecule has 1 aliphatic carbocycles. The number of hydrogen-bond donors (Lipinski definition) is 1. The van der Waals surface area contributed by atoms with Gasteiger partial charge in [-0.3, -0.25) is 0 Å². The quantitative estimate of drug-likeness (QED) is 0.782. The molecule has 1 fully saturated rings. The van der Waals surface area contributed by atoms with Crippen molar-refractivity contribution in [3.8, 4) is 0 Å². The third-order valence-electron chi connectivity index (χ3n) is 3.83. The Kier molecular flexibility index (Phi) is 5.71. The van der Waals surface area contributed by atoms with Crippen LogP contribution in [0.1, 0.15) is 50.8 Å². The molecule has 102 valence electrons. The molecular formula is C15H24BrNS. The predicted molar refractivity (Wildman–Crippen MR) is 84.1 cm³/mol. The Hall–Kier alpha value is 0.140. The summed E-state index contributed by atoms with van der Waals surface area (Å²) >= 11 is 5.45. The molecule has 0 aromatic carbocycles. The third-order valence-corrected chi connectivity index (χ3v) is 5.76. The predicted octanol–water partition coefficient (Wildman–Crippen LogP) is 5.21. The molecule has 0 radical (unpaired) electrons. The van der Waals surface area contributed by atoms with E-state index in [0.29, 0.717) is 0 Å². The number of nitrogens with one attached hydrogen (secondary N) is 1. The molecule has 1 saturated carbocycles. The first-order valence-corrected chi connectivity index (χ1v) is 8.77. The van der Waals surface area contributed by atoms with Gasteiger partial charge in [-0.25, -0.2) is 0 Å². The average Bonchev–Trinajstić information content (AvgIpc) is 2.72. The van der Waals surface area contributed by atoms with Crippen molar-refractivity contribution >= 4 is 27.3 Å². The monoisotopic (exact) mass is 329 g/mol.